The number of hydrogen-bond acceptors (Lipinski definition) is 1. The molecule has 0 amide bonds. The number of imidazole rings is 1. The number of rotatable bonds is 5. The second-order valence-corrected chi connectivity index (χ2v) is 6.70. The van der Waals surface area contributed by atoms with Crippen LogP contribution in [0.5, 0.6) is 0 Å². The van der Waals surface area contributed by atoms with E-state index in [-0.39, 0.29) is 0 Å². The molecule has 0 bridgehead atoms. The molecule has 0 radical (unpaired) electrons. The minimum atomic E-state index is 0.382. The Bertz CT molecular complexity index is 743. The number of benzene rings is 2. The predicted molar refractivity (Wildman–Crippen MR) is 115 cm³/mol. The normalized spacial score (nSPS) is 10.7. The molecule has 3 aromatic rings. The summed E-state index contributed by atoms with van der Waals surface area (Å²) in [5, 5.41) is 0. The van der Waals surface area contributed by atoms with Crippen LogP contribution in [-0.2, 0) is 0 Å². The van der Waals surface area contributed by atoms with Crippen molar-refractivity contribution in [3.8, 4) is 0 Å². The molecule has 1 aromatic heterocycles. The van der Waals surface area contributed by atoms with E-state index < -0.39 is 0 Å². The van der Waals surface area contributed by atoms with E-state index in [9.17, 15) is 0 Å². The summed E-state index contributed by atoms with van der Waals surface area (Å²) in [4.78, 5) is 4.10. The van der Waals surface area contributed by atoms with Crippen molar-refractivity contribution in [3.63, 3.8) is 0 Å². The number of halogens is 1. The first-order chi connectivity index (χ1) is 12.6. The lowest BCUT2D eigenvalue weighted by molar-refractivity contribution is 0.582. The van der Waals surface area contributed by atoms with E-state index >= 15 is 0 Å². The molecule has 2 aromatic carbocycles. The number of hydrogen-bond donors (Lipinski definition) is 0. The Morgan fingerprint density at radius 2 is 1.54 bits per heavy atom. The van der Waals surface area contributed by atoms with Gasteiger partial charge in [0.05, 0.1) is 0 Å². The molecule has 0 aliphatic heterocycles. The summed E-state index contributed by atoms with van der Waals surface area (Å²) in [5.74, 6) is 1.09. The molecule has 0 N–H and O–H groups in total. The molecule has 3 rings (SSSR count). The Morgan fingerprint density at radius 3 is 1.88 bits per heavy atom. The Kier molecular flexibility index (Phi) is 8.23. The summed E-state index contributed by atoms with van der Waals surface area (Å²) in [6.07, 6.45) is 6.76. The first kappa shape index (κ1) is 20.1. The Morgan fingerprint density at radius 1 is 1.00 bits per heavy atom. The molecular formula is C22H26BClN2. The molecule has 0 aliphatic carbocycles. The highest BCUT2D eigenvalue weighted by Gasteiger charge is 2.16. The maximum absolute atomic E-state index is 5.64. The molecule has 0 atom stereocenters. The van der Waals surface area contributed by atoms with Gasteiger partial charge in [-0.1, -0.05) is 89.3 Å². The molecule has 0 spiro atoms. The Hall–Kier alpha value is -2.26. The van der Waals surface area contributed by atoms with Crippen molar-refractivity contribution in [2.75, 3.05) is 0 Å². The molecule has 0 aliphatic rings. The first-order valence-electron chi connectivity index (χ1n) is 8.98. The maximum atomic E-state index is 5.64. The first-order valence-corrected chi connectivity index (χ1v) is 9.41. The third-order valence-electron chi connectivity index (χ3n) is 4.28. The van der Waals surface area contributed by atoms with Gasteiger partial charge in [-0.3, -0.25) is 0 Å². The van der Waals surface area contributed by atoms with E-state index in [2.05, 4.69) is 71.9 Å². The second kappa shape index (κ2) is 10.7. The van der Waals surface area contributed by atoms with Gasteiger partial charge in [0.1, 0.15) is 5.82 Å². The number of allylic oxidation sites excluding steroid dienone is 1. The fourth-order valence-corrected chi connectivity index (χ4v) is 3.06. The Balaban J connectivity index is 0.000000228. The van der Waals surface area contributed by atoms with Crippen LogP contribution in [0, 0.1) is 6.92 Å². The highest BCUT2D eigenvalue weighted by molar-refractivity contribution is 6.85. The lowest BCUT2D eigenvalue weighted by Crippen LogP contribution is -2.41. The van der Waals surface area contributed by atoms with E-state index in [4.69, 9.17) is 11.6 Å². The number of aromatic nitrogens is 2. The zero-order valence-electron chi connectivity index (χ0n) is 15.7. The summed E-state index contributed by atoms with van der Waals surface area (Å²) in [5.41, 5.74) is 4.25. The van der Waals surface area contributed by atoms with Gasteiger partial charge in [-0.25, -0.2) is 4.98 Å². The van der Waals surface area contributed by atoms with E-state index in [1.807, 2.05) is 37.5 Å². The Labute approximate surface area is 162 Å². The van der Waals surface area contributed by atoms with Crippen LogP contribution in [-0.4, -0.2) is 16.3 Å². The molecule has 2 nitrogen and oxygen atoms in total. The van der Waals surface area contributed by atoms with Crippen LogP contribution in [0.25, 0.3) is 0 Å². The van der Waals surface area contributed by atoms with Crippen LogP contribution < -0.4 is 10.9 Å². The predicted octanol–water partition coefficient (Wildman–Crippen LogP) is 4.82. The lowest BCUT2D eigenvalue weighted by atomic mass is 9.39. The van der Waals surface area contributed by atoms with Crippen molar-refractivity contribution in [1.29, 1.82) is 0 Å². The molecule has 134 valence electrons. The second-order valence-electron chi connectivity index (χ2n) is 6.45. The minimum absolute atomic E-state index is 0.382. The van der Waals surface area contributed by atoms with Gasteiger partial charge in [0, 0.05) is 18.4 Å². The van der Waals surface area contributed by atoms with Gasteiger partial charge in [-0.2, -0.15) is 0 Å². The van der Waals surface area contributed by atoms with Crippen LogP contribution in [0.3, 0.4) is 0 Å². The largest absolute Gasteiger partial charge is 0.333 e. The van der Waals surface area contributed by atoms with Crippen molar-refractivity contribution >= 4 is 29.2 Å². The van der Waals surface area contributed by atoms with Crippen molar-refractivity contribution in [2.45, 2.75) is 33.1 Å². The summed E-state index contributed by atoms with van der Waals surface area (Å²) in [7, 11) is 0. The average molecular weight is 365 g/mol. The highest BCUT2D eigenvalue weighted by atomic mass is 35.5. The van der Waals surface area contributed by atoms with Crippen LogP contribution in [0.4, 0.5) is 0 Å². The zero-order valence-corrected chi connectivity index (χ0v) is 16.5. The average Bonchev–Trinajstić information content (AvgIpc) is 3.11. The van der Waals surface area contributed by atoms with Gasteiger partial charge >= 0.3 is 0 Å². The van der Waals surface area contributed by atoms with Crippen LogP contribution in [0.2, 0.25) is 6.32 Å². The summed E-state index contributed by atoms with van der Waals surface area (Å²) < 4.78 is 2.14. The smallest absolute Gasteiger partial charge is 0.213 e. The third kappa shape index (κ3) is 5.92. The highest BCUT2D eigenvalue weighted by Crippen LogP contribution is 2.05. The molecule has 0 saturated carbocycles. The molecule has 1 heterocycles. The van der Waals surface area contributed by atoms with E-state index in [0.717, 1.165) is 12.1 Å². The standard InChI is InChI=1S/C15H14BCl.C7H12N2/c17-13-7-12-16(14-8-3-1-4-9-14)15-10-5-2-6-11-15;1-6(2)9-5-4-8-7(9)3/h1-11,13H,12H2;4-6H,1-3H3. The number of aryl methyl sites for hydroxylation is 1. The van der Waals surface area contributed by atoms with Crippen LogP contribution in [0.15, 0.2) is 84.7 Å². The quantitative estimate of drug-likeness (QED) is 0.593. The summed E-state index contributed by atoms with van der Waals surface area (Å²) in [6, 6.07) is 21.6. The van der Waals surface area contributed by atoms with E-state index in [0.29, 0.717) is 12.8 Å². The number of nitrogens with zero attached hydrogens (tertiary/aromatic N) is 2. The zero-order chi connectivity index (χ0) is 18.8. The van der Waals surface area contributed by atoms with Gasteiger partial charge in [-0.15, -0.1) is 0 Å². The van der Waals surface area contributed by atoms with Gasteiger partial charge in [0.15, 0.2) is 0 Å². The molecule has 0 fully saturated rings. The summed E-state index contributed by atoms with van der Waals surface area (Å²) >= 11 is 5.64. The van der Waals surface area contributed by atoms with Crippen LogP contribution >= 0.6 is 11.6 Å². The van der Waals surface area contributed by atoms with Gasteiger partial charge < -0.3 is 4.57 Å². The summed E-state index contributed by atoms with van der Waals surface area (Å²) in [6.45, 7) is 6.69. The van der Waals surface area contributed by atoms with Crippen molar-refractivity contribution in [1.82, 2.24) is 9.55 Å². The van der Waals surface area contributed by atoms with E-state index in [1.165, 1.54) is 10.9 Å². The minimum Gasteiger partial charge on any atom is -0.333 e. The van der Waals surface area contributed by atoms with Crippen molar-refractivity contribution in [3.05, 3.63) is 90.5 Å². The monoisotopic (exact) mass is 364 g/mol. The van der Waals surface area contributed by atoms with Gasteiger partial charge in [0.25, 0.3) is 0 Å². The SMILES string of the molecule is Cc1nccn1C(C)C.ClC=CCB(c1ccccc1)c1ccccc1. The van der Waals surface area contributed by atoms with Crippen molar-refractivity contribution < 1.29 is 0 Å². The molecular weight excluding hydrogens is 339 g/mol. The molecule has 0 saturated heterocycles. The third-order valence-corrected chi connectivity index (χ3v) is 4.46. The van der Waals surface area contributed by atoms with Crippen LogP contribution in [0.1, 0.15) is 25.7 Å². The van der Waals surface area contributed by atoms with Gasteiger partial charge in [0.2, 0.25) is 6.71 Å². The fourth-order valence-electron chi connectivity index (χ4n) is 2.96. The molecule has 26 heavy (non-hydrogen) atoms. The lowest BCUT2D eigenvalue weighted by Gasteiger charge is -2.12. The molecule has 0 unspecified atom stereocenters. The maximum Gasteiger partial charge on any atom is 0.213 e. The van der Waals surface area contributed by atoms with Crippen molar-refractivity contribution in [2.24, 2.45) is 0 Å². The topological polar surface area (TPSA) is 17.8 Å². The fraction of sp³-hybridized carbons (Fsp3) is 0.227. The molecule has 4 heteroatoms. The van der Waals surface area contributed by atoms with Gasteiger partial charge in [-0.05, 0) is 32.6 Å². The van der Waals surface area contributed by atoms with E-state index in [1.54, 1.807) is 5.54 Å².